The van der Waals surface area contributed by atoms with E-state index < -0.39 is 0 Å². The van der Waals surface area contributed by atoms with E-state index in [4.69, 9.17) is 0 Å². The van der Waals surface area contributed by atoms with Gasteiger partial charge in [0.25, 0.3) is 0 Å². The maximum atomic E-state index is 4.47. The van der Waals surface area contributed by atoms with Crippen LogP contribution in [0.2, 0.25) is 0 Å². The van der Waals surface area contributed by atoms with E-state index in [-0.39, 0.29) is 0 Å². The molecule has 0 aliphatic heterocycles. The topological polar surface area (TPSA) is 49.8 Å². The maximum absolute atomic E-state index is 4.47. The lowest BCUT2D eigenvalue weighted by Crippen LogP contribution is -2.26. The molecular formula is C16H30N4. The average Bonchev–Trinajstić information content (AvgIpc) is 2.44. The predicted molar refractivity (Wildman–Crippen MR) is 87.3 cm³/mol. The molecule has 0 saturated heterocycles. The molecular weight excluding hydrogens is 248 g/mol. The van der Waals surface area contributed by atoms with Crippen LogP contribution in [0.1, 0.15) is 59.4 Å². The molecule has 0 spiro atoms. The van der Waals surface area contributed by atoms with Crippen LogP contribution in [-0.2, 0) is 6.42 Å². The SMILES string of the molecule is CCCNc1ncnc(NC(CC)C(C)C)c1CCC. The second kappa shape index (κ2) is 8.77. The van der Waals surface area contributed by atoms with Gasteiger partial charge in [-0.25, -0.2) is 9.97 Å². The van der Waals surface area contributed by atoms with Crippen molar-refractivity contribution in [1.82, 2.24) is 9.97 Å². The van der Waals surface area contributed by atoms with Crippen LogP contribution in [0.15, 0.2) is 6.33 Å². The number of hydrogen-bond donors (Lipinski definition) is 2. The summed E-state index contributed by atoms with van der Waals surface area (Å²) in [7, 11) is 0. The van der Waals surface area contributed by atoms with E-state index in [1.165, 1.54) is 5.56 Å². The Labute approximate surface area is 123 Å². The third-order valence-electron chi connectivity index (χ3n) is 3.55. The summed E-state index contributed by atoms with van der Waals surface area (Å²) in [5, 5.41) is 7.02. The highest BCUT2D eigenvalue weighted by atomic mass is 15.1. The molecule has 0 amide bonds. The van der Waals surface area contributed by atoms with Crippen molar-refractivity contribution < 1.29 is 0 Å². The molecule has 1 unspecified atom stereocenters. The first-order chi connectivity index (χ1) is 9.63. The average molecular weight is 278 g/mol. The lowest BCUT2D eigenvalue weighted by Gasteiger charge is -2.23. The number of hydrogen-bond acceptors (Lipinski definition) is 4. The van der Waals surface area contributed by atoms with Gasteiger partial charge < -0.3 is 10.6 Å². The summed E-state index contributed by atoms with van der Waals surface area (Å²) < 4.78 is 0. The Morgan fingerprint density at radius 2 is 1.75 bits per heavy atom. The Bertz CT molecular complexity index is 390. The standard InChI is InChI=1S/C16H30N4/c1-6-9-13-15(17-10-7-2)18-11-19-16(13)20-14(8-3)12(4)5/h11-12,14H,6-10H2,1-5H3,(H2,17,18,19,20). The molecule has 1 heterocycles. The largest absolute Gasteiger partial charge is 0.370 e. The molecule has 0 aliphatic rings. The Morgan fingerprint density at radius 3 is 2.30 bits per heavy atom. The Hall–Kier alpha value is -1.32. The first kappa shape index (κ1) is 16.7. The minimum absolute atomic E-state index is 0.458. The monoisotopic (exact) mass is 278 g/mol. The zero-order valence-corrected chi connectivity index (χ0v) is 13.7. The van der Waals surface area contributed by atoms with Gasteiger partial charge in [0, 0.05) is 18.2 Å². The number of anilines is 2. The van der Waals surface area contributed by atoms with Crippen LogP contribution in [-0.4, -0.2) is 22.6 Å². The molecule has 2 N–H and O–H groups in total. The molecule has 4 nitrogen and oxygen atoms in total. The van der Waals surface area contributed by atoms with Crippen molar-refractivity contribution in [2.24, 2.45) is 5.92 Å². The summed E-state index contributed by atoms with van der Waals surface area (Å²) in [6, 6.07) is 0.458. The van der Waals surface area contributed by atoms with Crippen molar-refractivity contribution in [3.63, 3.8) is 0 Å². The van der Waals surface area contributed by atoms with Crippen molar-refractivity contribution >= 4 is 11.6 Å². The van der Waals surface area contributed by atoms with E-state index in [0.717, 1.165) is 43.9 Å². The number of nitrogens with one attached hydrogen (secondary N) is 2. The molecule has 20 heavy (non-hydrogen) atoms. The van der Waals surface area contributed by atoms with Crippen LogP contribution in [0.3, 0.4) is 0 Å². The minimum atomic E-state index is 0.458. The molecule has 0 bridgehead atoms. The lowest BCUT2D eigenvalue weighted by molar-refractivity contribution is 0.509. The molecule has 1 atom stereocenters. The molecule has 0 saturated carbocycles. The zero-order valence-electron chi connectivity index (χ0n) is 13.7. The van der Waals surface area contributed by atoms with E-state index in [0.29, 0.717) is 12.0 Å². The molecule has 1 aromatic heterocycles. The van der Waals surface area contributed by atoms with Crippen molar-refractivity contribution in [3.05, 3.63) is 11.9 Å². The van der Waals surface area contributed by atoms with Gasteiger partial charge in [0.2, 0.25) is 0 Å². The van der Waals surface area contributed by atoms with Crippen molar-refractivity contribution in [3.8, 4) is 0 Å². The molecule has 1 aromatic rings. The minimum Gasteiger partial charge on any atom is -0.370 e. The molecule has 0 fully saturated rings. The van der Waals surface area contributed by atoms with Gasteiger partial charge in [0.15, 0.2) is 0 Å². The Morgan fingerprint density at radius 1 is 1.05 bits per heavy atom. The third kappa shape index (κ3) is 4.66. The first-order valence-electron chi connectivity index (χ1n) is 7.98. The third-order valence-corrected chi connectivity index (χ3v) is 3.55. The van der Waals surface area contributed by atoms with Gasteiger partial charge in [0.05, 0.1) is 0 Å². The van der Waals surface area contributed by atoms with Crippen LogP contribution in [0, 0.1) is 5.92 Å². The molecule has 1 rings (SSSR count). The van der Waals surface area contributed by atoms with E-state index in [9.17, 15) is 0 Å². The van der Waals surface area contributed by atoms with E-state index in [1.807, 2.05) is 0 Å². The highest BCUT2D eigenvalue weighted by molar-refractivity contribution is 5.57. The number of aromatic nitrogens is 2. The summed E-state index contributed by atoms with van der Waals surface area (Å²) in [6.45, 7) is 12.0. The summed E-state index contributed by atoms with van der Waals surface area (Å²) in [5.74, 6) is 2.59. The van der Waals surface area contributed by atoms with Crippen molar-refractivity contribution in [2.75, 3.05) is 17.2 Å². The van der Waals surface area contributed by atoms with Crippen molar-refractivity contribution in [1.29, 1.82) is 0 Å². The van der Waals surface area contributed by atoms with E-state index in [2.05, 4.69) is 55.2 Å². The van der Waals surface area contributed by atoms with Gasteiger partial charge in [0.1, 0.15) is 18.0 Å². The normalized spacial score (nSPS) is 12.5. The summed E-state index contributed by atoms with van der Waals surface area (Å²) in [4.78, 5) is 8.89. The van der Waals surface area contributed by atoms with Gasteiger partial charge in [-0.2, -0.15) is 0 Å². The highest BCUT2D eigenvalue weighted by Gasteiger charge is 2.16. The fourth-order valence-electron chi connectivity index (χ4n) is 2.33. The second-order valence-corrected chi connectivity index (χ2v) is 5.63. The molecule has 114 valence electrons. The van der Waals surface area contributed by atoms with Crippen molar-refractivity contribution in [2.45, 2.75) is 66.3 Å². The van der Waals surface area contributed by atoms with Crippen LogP contribution in [0.5, 0.6) is 0 Å². The summed E-state index contributed by atoms with van der Waals surface area (Å²) in [5.41, 5.74) is 1.22. The molecule has 0 aliphatic carbocycles. The maximum Gasteiger partial charge on any atom is 0.134 e. The van der Waals surface area contributed by atoms with Gasteiger partial charge in [-0.15, -0.1) is 0 Å². The first-order valence-corrected chi connectivity index (χ1v) is 7.98. The van der Waals surface area contributed by atoms with Gasteiger partial charge >= 0.3 is 0 Å². The number of nitrogens with zero attached hydrogens (tertiary/aromatic N) is 2. The Balaban J connectivity index is 2.98. The van der Waals surface area contributed by atoms with E-state index in [1.54, 1.807) is 6.33 Å². The summed E-state index contributed by atoms with van der Waals surface area (Å²) >= 11 is 0. The van der Waals surface area contributed by atoms with Crippen LogP contribution >= 0.6 is 0 Å². The van der Waals surface area contributed by atoms with Gasteiger partial charge in [-0.1, -0.05) is 41.0 Å². The quantitative estimate of drug-likeness (QED) is 0.714. The Kier molecular flexibility index (Phi) is 7.34. The fourth-order valence-corrected chi connectivity index (χ4v) is 2.33. The fraction of sp³-hybridized carbons (Fsp3) is 0.750. The second-order valence-electron chi connectivity index (χ2n) is 5.63. The van der Waals surface area contributed by atoms with Gasteiger partial charge in [-0.05, 0) is 25.2 Å². The molecule has 0 aromatic carbocycles. The van der Waals surface area contributed by atoms with Crippen LogP contribution < -0.4 is 10.6 Å². The smallest absolute Gasteiger partial charge is 0.134 e. The summed E-state index contributed by atoms with van der Waals surface area (Å²) in [6.07, 6.45) is 5.96. The zero-order chi connectivity index (χ0) is 15.0. The van der Waals surface area contributed by atoms with Gasteiger partial charge in [-0.3, -0.25) is 0 Å². The van der Waals surface area contributed by atoms with Crippen LogP contribution in [0.4, 0.5) is 11.6 Å². The molecule has 0 radical (unpaired) electrons. The van der Waals surface area contributed by atoms with Crippen LogP contribution in [0.25, 0.3) is 0 Å². The molecule has 4 heteroatoms. The predicted octanol–water partition coefficient (Wildman–Crippen LogP) is 4.10. The highest BCUT2D eigenvalue weighted by Crippen LogP contribution is 2.24. The number of rotatable bonds is 9. The van der Waals surface area contributed by atoms with E-state index >= 15 is 0 Å². The lowest BCUT2D eigenvalue weighted by atomic mass is 10.0.